The molecule has 0 aliphatic carbocycles. The predicted molar refractivity (Wildman–Crippen MR) is 244 cm³/mol. The minimum atomic E-state index is -2.27. The zero-order valence-electron chi connectivity index (χ0n) is 38.7. The van der Waals surface area contributed by atoms with Crippen molar-refractivity contribution >= 4 is 35.0 Å². The first-order valence-corrected chi connectivity index (χ1v) is 20.8. The summed E-state index contributed by atoms with van der Waals surface area (Å²) in [6.45, 7) is 13.8. The minimum Gasteiger partial charge on any atom is -0.479 e. The minimum absolute atomic E-state index is 0.0710. The highest BCUT2D eigenvalue weighted by atomic mass is 16.9. The summed E-state index contributed by atoms with van der Waals surface area (Å²) in [5, 5.41) is 32.5. The number of hydrogen-bond acceptors (Lipinski definition) is 11. The molecule has 1 fully saturated rings. The summed E-state index contributed by atoms with van der Waals surface area (Å²) in [5.74, 6) is -3.40. The largest absolute Gasteiger partial charge is 0.479 e. The Balaban J connectivity index is 0.000000206. The number of amides is 2. The normalized spacial score (nSPS) is 16.4. The Bertz CT molecular complexity index is 2380. The van der Waals surface area contributed by atoms with Gasteiger partial charge in [-0.3, -0.25) is 9.59 Å². The van der Waals surface area contributed by atoms with E-state index in [1.165, 1.54) is 11.1 Å². The molecule has 0 spiro atoms. The molecule has 2 unspecified atom stereocenters. The quantitative estimate of drug-likeness (QED) is 0.142. The molecule has 17 heteroatoms. The highest BCUT2D eigenvalue weighted by Crippen LogP contribution is 2.28. The molecule has 0 saturated carbocycles. The number of fused-ring (bicyclic) bond motifs is 2. The van der Waals surface area contributed by atoms with Crippen molar-refractivity contribution in [2.24, 2.45) is 0 Å². The molecule has 65 heavy (non-hydrogen) atoms. The van der Waals surface area contributed by atoms with Crippen LogP contribution in [0.1, 0.15) is 54.4 Å². The number of likely N-dealkylation sites (N-methyl/N-ethyl adjacent to an activating group) is 2. The molecule has 2 atom stereocenters. The lowest BCUT2D eigenvalue weighted by molar-refractivity contribution is -0.367. The molecular weight excluding hydrogens is 837 g/mol. The van der Waals surface area contributed by atoms with E-state index in [0.29, 0.717) is 12.8 Å². The zero-order valence-corrected chi connectivity index (χ0v) is 38.7. The number of nitrogens with zero attached hydrogens (tertiary/aromatic N) is 6. The number of aryl methyl sites for hydroxylation is 4. The lowest BCUT2D eigenvalue weighted by Crippen LogP contribution is -2.39. The monoisotopic (exact) mass is 896 g/mol. The van der Waals surface area contributed by atoms with Crippen molar-refractivity contribution in [2.75, 3.05) is 28.2 Å². The number of ether oxygens (including phenoxy) is 3. The van der Waals surface area contributed by atoms with Crippen LogP contribution in [0.15, 0.2) is 85.2 Å². The molecular formula is C48H60N6O11. The van der Waals surface area contributed by atoms with E-state index in [1.54, 1.807) is 38.0 Å². The average molecular weight is 897 g/mol. The van der Waals surface area contributed by atoms with Crippen LogP contribution in [0.4, 0.5) is 0 Å². The van der Waals surface area contributed by atoms with E-state index in [1.807, 2.05) is 80.1 Å². The molecule has 6 aromatic rings. The van der Waals surface area contributed by atoms with Crippen molar-refractivity contribution < 1.29 is 53.8 Å². The van der Waals surface area contributed by atoms with Crippen LogP contribution in [0, 0.1) is 27.7 Å². The summed E-state index contributed by atoms with van der Waals surface area (Å²) >= 11 is 0. The van der Waals surface area contributed by atoms with Gasteiger partial charge in [0.1, 0.15) is 11.3 Å². The van der Waals surface area contributed by atoms with Crippen molar-refractivity contribution in [1.82, 2.24) is 28.6 Å². The number of pyridine rings is 2. The van der Waals surface area contributed by atoms with E-state index in [2.05, 4.69) is 62.4 Å². The van der Waals surface area contributed by atoms with Crippen molar-refractivity contribution in [1.29, 1.82) is 0 Å². The fourth-order valence-electron chi connectivity index (χ4n) is 6.40. The number of benzene rings is 2. The zero-order chi connectivity index (χ0) is 48.3. The molecule has 4 aromatic heterocycles. The van der Waals surface area contributed by atoms with Crippen LogP contribution >= 0.6 is 0 Å². The van der Waals surface area contributed by atoms with Crippen LogP contribution in [0.3, 0.4) is 0 Å². The number of carbonyl (C=O) groups excluding carboxylic acids is 2. The summed E-state index contributed by atoms with van der Waals surface area (Å²) in [6.07, 6.45) is -0.190. The van der Waals surface area contributed by atoms with Gasteiger partial charge in [0.05, 0.1) is 35.6 Å². The first kappa shape index (κ1) is 51.1. The summed E-state index contributed by atoms with van der Waals surface area (Å²) in [4.78, 5) is 56.8. The third kappa shape index (κ3) is 14.2. The maximum atomic E-state index is 12.3. The van der Waals surface area contributed by atoms with Gasteiger partial charge in [-0.05, 0) is 71.7 Å². The highest BCUT2D eigenvalue weighted by Gasteiger charge is 2.29. The third-order valence-corrected chi connectivity index (χ3v) is 9.97. The smallest absolute Gasteiger partial charge is 0.335 e. The van der Waals surface area contributed by atoms with Gasteiger partial charge >= 0.3 is 11.9 Å². The fourth-order valence-corrected chi connectivity index (χ4v) is 6.40. The first-order valence-electron chi connectivity index (χ1n) is 20.8. The molecule has 1 aliphatic rings. The Morgan fingerprint density at radius 1 is 0.538 bits per heavy atom. The SMILES string of the molecule is CC1OC(C)OC(C)O1.Cc1ccc(-c2nc3ccc(C)cn3c2CC(=O)N(C)C)cc1.Cc1ccc(-c2nc3ccc(C)cn3c2CC(=O)N(C)C)cc1.O=C(O)C(O)C(O)C(=O)O. The molecule has 5 heterocycles. The number of aliphatic hydroxyl groups is 2. The lowest BCUT2D eigenvalue weighted by Gasteiger charge is -2.30. The van der Waals surface area contributed by atoms with Crippen molar-refractivity contribution in [3.63, 3.8) is 0 Å². The summed E-state index contributed by atoms with van der Waals surface area (Å²) in [7, 11) is 7.12. The number of hydrogen-bond donors (Lipinski definition) is 4. The second-order valence-electron chi connectivity index (χ2n) is 16.0. The topological polar surface area (TPSA) is 218 Å². The van der Waals surface area contributed by atoms with E-state index in [-0.39, 0.29) is 30.7 Å². The molecule has 2 aromatic carbocycles. The summed E-state index contributed by atoms with van der Waals surface area (Å²) in [6, 6.07) is 24.6. The lowest BCUT2D eigenvalue weighted by atomic mass is 10.1. The van der Waals surface area contributed by atoms with Crippen molar-refractivity contribution in [3.8, 4) is 22.5 Å². The van der Waals surface area contributed by atoms with Gasteiger partial charge in [-0.25, -0.2) is 19.6 Å². The number of carbonyl (C=O) groups is 4. The standard InChI is InChI=1S/2C19H21N3O.C6H12O3.C4H6O6/c2*1-13-5-8-15(9-6-13)19-16(11-18(23)21(3)4)22-12-14(2)7-10-17(22)20-19;1-4-7-5(2)9-6(3)8-4;5-1(3(7)8)2(6)4(9)10/h2*5-10,12H,11H2,1-4H3;4-6H,1-3H3;1-2,5-6H,(H,7,8)(H,9,10). The Morgan fingerprint density at radius 3 is 1.11 bits per heavy atom. The van der Waals surface area contributed by atoms with Crippen molar-refractivity contribution in [3.05, 3.63) is 119 Å². The summed E-state index contributed by atoms with van der Waals surface area (Å²) in [5.41, 5.74) is 12.2. The number of aliphatic hydroxyl groups excluding tert-OH is 2. The van der Waals surface area contributed by atoms with Crippen LogP contribution in [0.2, 0.25) is 0 Å². The van der Waals surface area contributed by atoms with Gasteiger partial charge in [-0.1, -0.05) is 71.8 Å². The fraction of sp³-hybridized carbons (Fsp3) is 0.375. The van der Waals surface area contributed by atoms with Gasteiger partial charge in [0.25, 0.3) is 0 Å². The Labute approximate surface area is 378 Å². The molecule has 7 rings (SSSR count). The number of carboxylic acids is 2. The molecule has 17 nitrogen and oxygen atoms in total. The second kappa shape index (κ2) is 22.9. The predicted octanol–water partition coefficient (Wildman–Crippen LogP) is 5.46. The van der Waals surface area contributed by atoms with Gasteiger partial charge in [0.2, 0.25) is 11.8 Å². The highest BCUT2D eigenvalue weighted by molar-refractivity contribution is 5.83. The average Bonchev–Trinajstić information content (AvgIpc) is 3.77. The number of imidazole rings is 2. The maximum Gasteiger partial charge on any atom is 0.335 e. The van der Waals surface area contributed by atoms with E-state index < -0.39 is 24.1 Å². The van der Waals surface area contributed by atoms with Gasteiger partial charge in [0, 0.05) is 51.7 Å². The second-order valence-corrected chi connectivity index (χ2v) is 16.0. The van der Waals surface area contributed by atoms with Crippen LogP contribution in [0.5, 0.6) is 0 Å². The van der Waals surface area contributed by atoms with E-state index in [0.717, 1.165) is 56.3 Å². The molecule has 1 saturated heterocycles. The molecule has 4 N–H and O–H groups in total. The number of carboxylic acid groups (broad SMARTS) is 2. The van der Waals surface area contributed by atoms with Gasteiger partial charge in [-0.15, -0.1) is 0 Å². The van der Waals surface area contributed by atoms with Gasteiger partial charge in [0.15, 0.2) is 31.1 Å². The van der Waals surface area contributed by atoms with Crippen LogP contribution in [-0.2, 0) is 46.2 Å². The Hall–Kier alpha value is -6.50. The Morgan fingerprint density at radius 2 is 0.831 bits per heavy atom. The van der Waals surface area contributed by atoms with Crippen LogP contribution in [0.25, 0.3) is 33.8 Å². The molecule has 2 amide bonds. The Kier molecular flexibility index (Phi) is 18.0. The first-order chi connectivity index (χ1) is 30.6. The van der Waals surface area contributed by atoms with Gasteiger partial charge < -0.3 is 53.2 Å². The van der Waals surface area contributed by atoms with Crippen LogP contribution < -0.4 is 0 Å². The number of aromatic nitrogens is 4. The third-order valence-electron chi connectivity index (χ3n) is 9.97. The summed E-state index contributed by atoms with van der Waals surface area (Å²) < 4.78 is 19.4. The molecule has 1 aliphatic heterocycles. The van der Waals surface area contributed by atoms with Gasteiger partial charge in [-0.2, -0.15) is 0 Å². The van der Waals surface area contributed by atoms with Crippen LogP contribution in [-0.4, -0.2) is 132 Å². The van der Waals surface area contributed by atoms with E-state index in [4.69, 9.17) is 44.6 Å². The molecule has 0 radical (unpaired) electrons. The maximum absolute atomic E-state index is 12.3. The number of rotatable bonds is 9. The van der Waals surface area contributed by atoms with E-state index >= 15 is 0 Å². The molecule has 0 bridgehead atoms. The number of aliphatic carboxylic acids is 2. The van der Waals surface area contributed by atoms with E-state index in [9.17, 15) is 19.2 Å². The molecule has 348 valence electrons. The van der Waals surface area contributed by atoms with Crippen molar-refractivity contribution in [2.45, 2.75) is 92.4 Å².